The number of carbonyl (C=O) groups is 1. The molecule has 1 atom stereocenters. The Balaban J connectivity index is 1.58. The number of likely N-dealkylation sites (tertiary alicyclic amines) is 1. The van der Waals surface area contributed by atoms with E-state index in [1.807, 2.05) is 27.8 Å². The Morgan fingerprint density at radius 2 is 2.16 bits per heavy atom. The molecule has 1 aromatic carbocycles. The van der Waals surface area contributed by atoms with Gasteiger partial charge in [0.15, 0.2) is 0 Å². The number of nitrogens with zero attached hydrogens (tertiary/aromatic N) is 4. The maximum atomic E-state index is 13.4. The van der Waals surface area contributed by atoms with Crippen LogP contribution in [0.25, 0.3) is 5.78 Å². The number of aromatic nitrogens is 3. The van der Waals surface area contributed by atoms with Crippen molar-refractivity contribution >= 4 is 11.7 Å². The van der Waals surface area contributed by atoms with Gasteiger partial charge in [0.1, 0.15) is 5.82 Å². The highest BCUT2D eigenvalue weighted by atomic mass is 19.1. The first-order valence-corrected chi connectivity index (χ1v) is 8.54. The normalized spacial score (nSPS) is 17.8. The lowest BCUT2D eigenvalue weighted by Gasteiger charge is -2.35. The van der Waals surface area contributed by atoms with E-state index < -0.39 is 0 Å². The van der Waals surface area contributed by atoms with Crippen LogP contribution in [0.1, 0.15) is 36.6 Å². The largest absolute Gasteiger partial charge is 0.334 e. The molecule has 0 aliphatic carbocycles. The van der Waals surface area contributed by atoms with Crippen LogP contribution in [0.2, 0.25) is 0 Å². The van der Waals surface area contributed by atoms with Gasteiger partial charge in [-0.05, 0) is 43.0 Å². The quantitative estimate of drug-likeness (QED) is 0.737. The van der Waals surface area contributed by atoms with Gasteiger partial charge in [0, 0.05) is 25.1 Å². The average Bonchev–Trinajstić information content (AvgIpc) is 3.09. The topological polar surface area (TPSA) is 50.5 Å². The van der Waals surface area contributed by atoms with Crippen molar-refractivity contribution in [2.75, 3.05) is 6.54 Å². The van der Waals surface area contributed by atoms with Gasteiger partial charge in [-0.15, -0.1) is 0 Å². The lowest BCUT2D eigenvalue weighted by Crippen LogP contribution is -2.39. The molecule has 1 aliphatic heterocycles. The van der Waals surface area contributed by atoms with E-state index in [9.17, 15) is 9.18 Å². The third-order valence-corrected chi connectivity index (χ3v) is 4.69. The molecule has 0 radical (unpaired) electrons. The minimum atomic E-state index is -0.313. The smallest absolute Gasteiger partial charge is 0.233 e. The summed E-state index contributed by atoms with van der Waals surface area (Å²) < 4.78 is 15.2. The lowest BCUT2D eigenvalue weighted by molar-refractivity contribution is -0.134. The fourth-order valence-corrected chi connectivity index (χ4v) is 3.46. The summed E-state index contributed by atoms with van der Waals surface area (Å²) in [5.74, 6) is 0.341. The molecule has 0 bridgehead atoms. The molecule has 6 heteroatoms. The van der Waals surface area contributed by atoms with Crippen LogP contribution in [0.5, 0.6) is 0 Å². The number of piperidine rings is 1. The summed E-state index contributed by atoms with van der Waals surface area (Å²) in [7, 11) is 0. The van der Waals surface area contributed by atoms with E-state index in [0.29, 0.717) is 17.9 Å². The van der Waals surface area contributed by atoms with Crippen LogP contribution in [-0.4, -0.2) is 31.7 Å². The summed E-state index contributed by atoms with van der Waals surface area (Å²) in [4.78, 5) is 23.6. The van der Waals surface area contributed by atoms with Gasteiger partial charge in [0.05, 0.1) is 18.2 Å². The number of hydrogen-bond acceptors (Lipinski definition) is 3. The van der Waals surface area contributed by atoms with E-state index in [1.54, 1.807) is 18.3 Å². The molecule has 1 aliphatic rings. The van der Waals surface area contributed by atoms with Crippen LogP contribution in [0.3, 0.4) is 0 Å². The molecular formula is C19H19FN4O. The monoisotopic (exact) mass is 338 g/mol. The summed E-state index contributed by atoms with van der Waals surface area (Å²) in [6, 6.07) is 8.14. The fraction of sp³-hybridized carbons (Fsp3) is 0.316. The summed E-state index contributed by atoms with van der Waals surface area (Å²) in [6.07, 6.45) is 8.62. The molecule has 5 nitrogen and oxygen atoms in total. The summed E-state index contributed by atoms with van der Waals surface area (Å²) in [5, 5.41) is 0. The van der Waals surface area contributed by atoms with Gasteiger partial charge in [-0.25, -0.2) is 14.4 Å². The average molecular weight is 338 g/mol. The van der Waals surface area contributed by atoms with Crippen molar-refractivity contribution < 1.29 is 9.18 Å². The number of carbonyl (C=O) groups excluding carboxylic acids is 1. The number of halogens is 1. The maximum absolute atomic E-state index is 13.4. The molecule has 1 saturated heterocycles. The van der Waals surface area contributed by atoms with Gasteiger partial charge in [-0.2, -0.15) is 0 Å². The molecule has 3 aromatic rings. The Morgan fingerprint density at radius 3 is 3.04 bits per heavy atom. The molecular weight excluding hydrogens is 319 g/mol. The zero-order chi connectivity index (χ0) is 17.2. The highest BCUT2D eigenvalue weighted by molar-refractivity contribution is 5.79. The molecule has 0 unspecified atom stereocenters. The van der Waals surface area contributed by atoms with Crippen molar-refractivity contribution in [1.29, 1.82) is 0 Å². The number of hydrogen-bond donors (Lipinski definition) is 0. The van der Waals surface area contributed by atoms with Crippen LogP contribution in [0, 0.1) is 5.82 Å². The molecule has 0 N–H and O–H groups in total. The van der Waals surface area contributed by atoms with Crippen molar-refractivity contribution in [3.05, 3.63) is 66.0 Å². The van der Waals surface area contributed by atoms with Crippen LogP contribution in [0.4, 0.5) is 4.39 Å². The van der Waals surface area contributed by atoms with Gasteiger partial charge in [0.2, 0.25) is 11.7 Å². The van der Waals surface area contributed by atoms with Crippen LogP contribution < -0.4 is 0 Å². The van der Waals surface area contributed by atoms with Crippen molar-refractivity contribution in [3.8, 4) is 0 Å². The number of amides is 1. The van der Waals surface area contributed by atoms with E-state index in [0.717, 1.165) is 25.0 Å². The van der Waals surface area contributed by atoms with Gasteiger partial charge >= 0.3 is 0 Å². The number of fused-ring (bicyclic) bond motifs is 1. The highest BCUT2D eigenvalue weighted by Crippen LogP contribution is 2.30. The van der Waals surface area contributed by atoms with Crippen molar-refractivity contribution in [1.82, 2.24) is 19.3 Å². The predicted octanol–water partition coefficient (Wildman–Crippen LogP) is 3.16. The SMILES string of the molecule is O=C(Cc1cccc(F)c1)N1CCCC[C@H]1c1ccn2ccnc2n1. The highest BCUT2D eigenvalue weighted by Gasteiger charge is 2.29. The van der Waals surface area contributed by atoms with Crippen molar-refractivity contribution in [2.45, 2.75) is 31.7 Å². The van der Waals surface area contributed by atoms with E-state index in [4.69, 9.17) is 0 Å². The fourth-order valence-electron chi connectivity index (χ4n) is 3.46. The predicted molar refractivity (Wildman–Crippen MR) is 91.4 cm³/mol. The molecule has 25 heavy (non-hydrogen) atoms. The minimum absolute atomic E-state index is 0.0142. The number of rotatable bonds is 3. The van der Waals surface area contributed by atoms with E-state index in [-0.39, 0.29) is 24.2 Å². The number of imidazole rings is 1. The van der Waals surface area contributed by atoms with Crippen LogP contribution in [-0.2, 0) is 11.2 Å². The first-order valence-electron chi connectivity index (χ1n) is 8.54. The standard InChI is InChI=1S/C19H19FN4O/c20-15-5-3-4-14(12-15)13-18(25)24-9-2-1-6-17(24)16-7-10-23-11-8-21-19(23)22-16/h3-5,7-8,10-12,17H,1-2,6,9,13H2/t17-/m0/s1. The van der Waals surface area contributed by atoms with Crippen LogP contribution in [0.15, 0.2) is 48.9 Å². The maximum Gasteiger partial charge on any atom is 0.233 e. The first-order chi connectivity index (χ1) is 12.2. The molecule has 4 rings (SSSR count). The third kappa shape index (κ3) is 3.24. The van der Waals surface area contributed by atoms with Gasteiger partial charge in [-0.1, -0.05) is 12.1 Å². The molecule has 2 aromatic heterocycles. The van der Waals surface area contributed by atoms with E-state index in [2.05, 4.69) is 9.97 Å². The van der Waals surface area contributed by atoms with E-state index >= 15 is 0 Å². The first kappa shape index (κ1) is 15.7. The molecule has 1 amide bonds. The Bertz CT molecular complexity index is 907. The Morgan fingerprint density at radius 1 is 1.24 bits per heavy atom. The summed E-state index contributed by atoms with van der Waals surface area (Å²) >= 11 is 0. The van der Waals surface area contributed by atoms with Gasteiger partial charge in [-0.3, -0.25) is 9.20 Å². The van der Waals surface area contributed by atoms with Crippen molar-refractivity contribution in [2.24, 2.45) is 0 Å². The molecule has 0 saturated carbocycles. The molecule has 0 spiro atoms. The second-order valence-corrected chi connectivity index (χ2v) is 6.39. The van der Waals surface area contributed by atoms with E-state index in [1.165, 1.54) is 12.1 Å². The number of benzene rings is 1. The van der Waals surface area contributed by atoms with Crippen LogP contribution >= 0.6 is 0 Å². The summed E-state index contributed by atoms with van der Waals surface area (Å²) in [5.41, 5.74) is 1.57. The second-order valence-electron chi connectivity index (χ2n) is 6.39. The minimum Gasteiger partial charge on any atom is -0.334 e. The van der Waals surface area contributed by atoms with Gasteiger partial charge < -0.3 is 4.90 Å². The third-order valence-electron chi connectivity index (χ3n) is 4.69. The van der Waals surface area contributed by atoms with Gasteiger partial charge in [0.25, 0.3) is 0 Å². The Kier molecular flexibility index (Phi) is 4.17. The Labute approximate surface area is 145 Å². The zero-order valence-corrected chi connectivity index (χ0v) is 13.8. The lowest BCUT2D eigenvalue weighted by atomic mass is 9.98. The second kappa shape index (κ2) is 6.63. The summed E-state index contributed by atoms with van der Waals surface area (Å²) in [6.45, 7) is 0.708. The molecule has 1 fully saturated rings. The molecule has 128 valence electrons. The molecule has 3 heterocycles. The zero-order valence-electron chi connectivity index (χ0n) is 13.8. The Hall–Kier alpha value is -2.76. The van der Waals surface area contributed by atoms with Crippen molar-refractivity contribution in [3.63, 3.8) is 0 Å².